The van der Waals surface area contributed by atoms with E-state index in [9.17, 15) is 4.39 Å². The van der Waals surface area contributed by atoms with Gasteiger partial charge in [0.2, 0.25) is 0 Å². The van der Waals surface area contributed by atoms with Gasteiger partial charge in [0.25, 0.3) is 0 Å². The van der Waals surface area contributed by atoms with Crippen molar-refractivity contribution in [3.8, 4) is 11.4 Å². The molecule has 116 valence electrons. The van der Waals surface area contributed by atoms with Crippen molar-refractivity contribution in [1.29, 1.82) is 0 Å². The quantitative estimate of drug-likeness (QED) is 0.535. The maximum absolute atomic E-state index is 13.8. The van der Waals surface area contributed by atoms with Crippen LogP contribution in [0.2, 0.25) is 0 Å². The number of imidazole rings is 1. The number of rotatable bonds is 1. The SMILES string of the molecule is Cc1noc(C)c1-c1nc(C)c2c(C)nc3ccc(F)cc3n12. The van der Waals surface area contributed by atoms with Crippen molar-refractivity contribution < 1.29 is 8.91 Å². The van der Waals surface area contributed by atoms with E-state index in [0.29, 0.717) is 17.1 Å². The van der Waals surface area contributed by atoms with Gasteiger partial charge in [0.1, 0.15) is 11.6 Å². The number of aryl methyl sites for hydroxylation is 4. The first-order chi connectivity index (χ1) is 11.0. The Morgan fingerprint density at radius 1 is 1.00 bits per heavy atom. The van der Waals surface area contributed by atoms with E-state index >= 15 is 0 Å². The zero-order chi connectivity index (χ0) is 16.3. The summed E-state index contributed by atoms with van der Waals surface area (Å²) < 4.78 is 21.0. The van der Waals surface area contributed by atoms with Gasteiger partial charge in [0.15, 0.2) is 5.82 Å². The monoisotopic (exact) mass is 310 g/mol. The molecule has 0 atom stereocenters. The lowest BCUT2D eigenvalue weighted by Crippen LogP contribution is -1.98. The number of fused-ring (bicyclic) bond motifs is 3. The van der Waals surface area contributed by atoms with E-state index in [0.717, 1.165) is 33.7 Å². The highest BCUT2D eigenvalue weighted by atomic mass is 19.1. The van der Waals surface area contributed by atoms with Crippen LogP contribution in [0.4, 0.5) is 4.39 Å². The Balaban J connectivity index is 2.26. The third kappa shape index (κ3) is 1.87. The second-order valence-corrected chi connectivity index (χ2v) is 5.73. The lowest BCUT2D eigenvalue weighted by molar-refractivity contribution is 0.393. The third-order valence-electron chi connectivity index (χ3n) is 4.12. The van der Waals surface area contributed by atoms with Gasteiger partial charge in [-0.3, -0.25) is 4.40 Å². The smallest absolute Gasteiger partial charge is 0.150 e. The van der Waals surface area contributed by atoms with Crippen LogP contribution in [-0.2, 0) is 0 Å². The van der Waals surface area contributed by atoms with Crippen molar-refractivity contribution in [2.45, 2.75) is 27.7 Å². The van der Waals surface area contributed by atoms with Crippen LogP contribution in [0.5, 0.6) is 0 Å². The molecular formula is C17H15FN4O. The van der Waals surface area contributed by atoms with Gasteiger partial charge in [-0.2, -0.15) is 0 Å². The van der Waals surface area contributed by atoms with Crippen LogP contribution in [0.1, 0.15) is 22.8 Å². The predicted molar refractivity (Wildman–Crippen MR) is 84.9 cm³/mol. The molecule has 0 fully saturated rings. The molecular weight excluding hydrogens is 295 g/mol. The minimum Gasteiger partial charge on any atom is -0.361 e. The summed E-state index contributed by atoms with van der Waals surface area (Å²) in [5.41, 5.74) is 5.59. The molecule has 4 rings (SSSR count). The summed E-state index contributed by atoms with van der Waals surface area (Å²) in [6.45, 7) is 7.59. The van der Waals surface area contributed by atoms with Crippen LogP contribution >= 0.6 is 0 Å². The first-order valence-electron chi connectivity index (χ1n) is 7.35. The molecule has 23 heavy (non-hydrogen) atoms. The van der Waals surface area contributed by atoms with Gasteiger partial charge < -0.3 is 4.52 Å². The zero-order valence-electron chi connectivity index (χ0n) is 13.3. The Kier molecular flexibility index (Phi) is 2.78. The van der Waals surface area contributed by atoms with E-state index in [1.54, 1.807) is 6.07 Å². The van der Waals surface area contributed by atoms with Crippen LogP contribution in [0.25, 0.3) is 27.9 Å². The van der Waals surface area contributed by atoms with Crippen LogP contribution in [0.15, 0.2) is 22.7 Å². The molecule has 0 saturated heterocycles. The topological polar surface area (TPSA) is 56.2 Å². The predicted octanol–water partition coefficient (Wildman–Crippen LogP) is 3.91. The highest BCUT2D eigenvalue weighted by molar-refractivity contribution is 5.84. The van der Waals surface area contributed by atoms with Gasteiger partial charge in [0, 0.05) is 6.07 Å². The first kappa shape index (κ1) is 13.9. The summed E-state index contributed by atoms with van der Waals surface area (Å²) in [6.07, 6.45) is 0. The van der Waals surface area contributed by atoms with E-state index in [1.165, 1.54) is 12.1 Å². The molecule has 0 unspecified atom stereocenters. The maximum Gasteiger partial charge on any atom is 0.150 e. The van der Waals surface area contributed by atoms with Crippen LogP contribution < -0.4 is 0 Å². The van der Waals surface area contributed by atoms with Crippen LogP contribution in [0.3, 0.4) is 0 Å². The van der Waals surface area contributed by atoms with Crippen LogP contribution in [-0.4, -0.2) is 19.5 Å². The lowest BCUT2D eigenvalue weighted by atomic mass is 10.2. The van der Waals surface area contributed by atoms with Gasteiger partial charge in [-0.05, 0) is 39.8 Å². The van der Waals surface area contributed by atoms with Crippen molar-refractivity contribution in [3.05, 3.63) is 46.9 Å². The van der Waals surface area contributed by atoms with Gasteiger partial charge >= 0.3 is 0 Å². The number of nitrogens with zero attached hydrogens (tertiary/aromatic N) is 4. The molecule has 3 aromatic heterocycles. The Bertz CT molecular complexity index is 1060. The molecule has 0 aliphatic carbocycles. The minimum absolute atomic E-state index is 0.305. The van der Waals surface area contributed by atoms with Crippen molar-refractivity contribution in [2.24, 2.45) is 0 Å². The molecule has 0 radical (unpaired) electrons. The fourth-order valence-electron chi connectivity index (χ4n) is 3.16. The van der Waals surface area contributed by atoms with Crippen molar-refractivity contribution >= 4 is 16.6 Å². The van der Waals surface area contributed by atoms with E-state index in [1.807, 2.05) is 32.1 Å². The standard InChI is InChI=1S/C17H15FN4O/c1-8-15(11(4)23-21-8)17-20-10(3)16-9(2)19-13-6-5-12(18)7-14(13)22(16)17/h5-7H,1-4H3. The van der Waals surface area contributed by atoms with Crippen molar-refractivity contribution in [3.63, 3.8) is 0 Å². The van der Waals surface area contributed by atoms with E-state index in [2.05, 4.69) is 10.1 Å². The summed E-state index contributed by atoms with van der Waals surface area (Å²) in [5, 5.41) is 4.01. The van der Waals surface area contributed by atoms with Gasteiger partial charge in [0.05, 0.1) is 39.2 Å². The first-order valence-corrected chi connectivity index (χ1v) is 7.35. The Morgan fingerprint density at radius 3 is 2.43 bits per heavy atom. The van der Waals surface area contributed by atoms with E-state index in [4.69, 9.17) is 9.51 Å². The average molecular weight is 310 g/mol. The number of hydrogen-bond donors (Lipinski definition) is 0. The normalized spacial score (nSPS) is 11.7. The number of aromatic nitrogens is 4. The molecule has 5 nitrogen and oxygen atoms in total. The summed E-state index contributed by atoms with van der Waals surface area (Å²) in [5.74, 6) is 1.09. The molecule has 0 aliphatic rings. The molecule has 6 heteroatoms. The third-order valence-corrected chi connectivity index (χ3v) is 4.12. The number of halogens is 1. The second kappa shape index (κ2) is 4.62. The molecule has 3 heterocycles. The van der Waals surface area contributed by atoms with Crippen LogP contribution in [0, 0.1) is 33.5 Å². The number of hydrogen-bond acceptors (Lipinski definition) is 4. The maximum atomic E-state index is 13.8. The highest BCUT2D eigenvalue weighted by Crippen LogP contribution is 2.31. The Morgan fingerprint density at radius 2 is 1.74 bits per heavy atom. The molecule has 0 spiro atoms. The van der Waals surface area contributed by atoms with Gasteiger partial charge in [-0.15, -0.1) is 0 Å². The fraction of sp³-hybridized carbons (Fsp3) is 0.235. The van der Waals surface area contributed by atoms with E-state index in [-0.39, 0.29) is 5.82 Å². The number of benzene rings is 1. The molecule has 0 amide bonds. The van der Waals surface area contributed by atoms with Crippen molar-refractivity contribution in [2.75, 3.05) is 0 Å². The van der Waals surface area contributed by atoms with Crippen molar-refractivity contribution in [1.82, 2.24) is 19.5 Å². The molecule has 0 saturated carbocycles. The zero-order valence-corrected chi connectivity index (χ0v) is 13.3. The fourth-order valence-corrected chi connectivity index (χ4v) is 3.16. The lowest BCUT2D eigenvalue weighted by Gasteiger charge is -2.08. The van der Waals surface area contributed by atoms with Gasteiger partial charge in [-0.25, -0.2) is 14.4 Å². The highest BCUT2D eigenvalue weighted by Gasteiger charge is 2.21. The molecule has 0 aliphatic heterocycles. The summed E-state index contributed by atoms with van der Waals surface area (Å²) in [4.78, 5) is 9.27. The molecule has 1 aromatic carbocycles. The summed E-state index contributed by atoms with van der Waals surface area (Å²) in [6, 6.07) is 4.58. The summed E-state index contributed by atoms with van der Waals surface area (Å²) >= 11 is 0. The van der Waals surface area contributed by atoms with E-state index < -0.39 is 0 Å². The summed E-state index contributed by atoms with van der Waals surface area (Å²) in [7, 11) is 0. The Hall–Kier alpha value is -2.76. The minimum atomic E-state index is -0.305. The largest absolute Gasteiger partial charge is 0.361 e. The molecule has 0 bridgehead atoms. The molecule has 0 N–H and O–H groups in total. The van der Waals surface area contributed by atoms with Gasteiger partial charge in [-0.1, -0.05) is 5.16 Å². The second-order valence-electron chi connectivity index (χ2n) is 5.73. The Labute approximate surface area is 131 Å². The average Bonchev–Trinajstić information content (AvgIpc) is 3.00. The molecule has 4 aromatic rings.